The summed E-state index contributed by atoms with van der Waals surface area (Å²) in [5.74, 6) is 1.65. The van der Waals surface area contributed by atoms with E-state index in [0.717, 1.165) is 18.8 Å². The van der Waals surface area contributed by atoms with Crippen molar-refractivity contribution < 1.29 is 4.79 Å². The van der Waals surface area contributed by atoms with Crippen LogP contribution in [0.5, 0.6) is 0 Å². The van der Waals surface area contributed by atoms with Crippen LogP contribution >= 0.6 is 45.2 Å². The lowest BCUT2D eigenvalue weighted by Crippen LogP contribution is -2.08. The highest BCUT2D eigenvalue weighted by Gasteiger charge is 2.65. The van der Waals surface area contributed by atoms with E-state index in [0.29, 0.717) is 13.1 Å². The predicted molar refractivity (Wildman–Crippen MR) is 56.6 cm³/mol. The molecular weight excluding hydrogens is 354 g/mol. The number of ketones is 1. The van der Waals surface area contributed by atoms with Crippen molar-refractivity contribution in [1.82, 2.24) is 0 Å². The van der Waals surface area contributed by atoms with Gasteiger partial charge in [0.25, 0.3) is 0 Å². The number of rotatable bonds is 0. The molecule has 0 radical (unpaired) electrons. The van der Waals surface area contributed by atoms with E-state index in [1.165, 1.54) is 6.42 Å². The molecule has 0 amide bonds. The van der Waals surface area contributed by atoms with Crippen LogP contribution in [0.25, 0.3) is 0 Å². The molecule has 0 N–H and O–H groups in total. The molecule has 1 nitrogen and oxygen atoms in total. The van der Waals surface area contributed by atoms with Crippen LogP contribution in [0, 0.1) is 11.8 Å². The Kier molecular flexibility index (Phi) is 1.79. The summed E-state index contributed by atoms with van der Waals surface area (Å²) >= 11 is 4.87. The van der Waals surface area contributed by atoms with Crippen molar-refractivity contribution in [2.45, 2.75) is 20.7 Å². The second kappa shape index (κ2) is 2.31. The molecule has 0 saturated heterocycles. The zero-order valence-electron chi connectivity index (χ0n) is 5.44. The maximum Gasteiger partial charge on any atom is 0.138 e. The van der Waals surface area contributed by atoms with Crippen LogP contribution in [0.15, 0.2) is 0 Å². The Balaban J connectivity index is 2.18. The van der Waals surface area contributed by atoms with Gasteiger partial charge in [-0.05, 0) is 18.8 Å². The fourth-order valence-electron chi connectivity index (χ4n) is 1.84. The van der Waals surface area contributed by atoms with Gasteiger partial charge in [-0.25, -0.2) is 0 Å². The van der Waals surface area contributed by atoms with Crippen molar-refractivity contribution in [1.29, 1.82) is 0 Å². The first kappa shape index (κ1) is 7.76. The fourth-order valence-corrected chi connectivity index (χ4v) is 4.39. The lowest BCUT2D eigenvalue weighted by Gasteiger charge is -2.03. The van der Waals surface area contributed by atoms with Crippen LogP contribution in [0.4, 0.5) is 0 Å². The average Bonchev–Trinajstić information content (AvgIpc) is 2.38. The summed E-state index contributed by atoms with van der Waals surface area (Å²) in [5, 5.41) is 0. The monoisotopic (exact) mass is 362 g/mol. The molecule has 2 saturated carbocycles. The summed E-state index contributed by atoms with van der Waals surface area (Å²) < 4.78 is 0.309. The number of halogens is 2. The Hall–Kier alpha value is 1.13. The van der Waals surface area contributed by atoms with E-state index in [9.17, 15) is 4.79 Å². The maximum atomic E-state index is 11.2. The Morgan fingerprint density at radius 2 is 2.20 bits per heavy atom. The Labute approximate surface area is 87.6 Å². The van der Waals surface area contributed by atoms with Gasteiger partial charge >= 0.3 is 0 Å². The first-order chi connectivity index (χ1) is 4.64. The molecule has 0 spiro atoms. The van der Waals surface area contributed by atoms with Crippen molar-refractivity contribution in [3.8, 4) is 0 Å². The summed E-state index contributed by atoms with van der Waals surface area (Å²) in [7, 11) is 0. The second-order valence-corrected chi connectivity index (χ2v) is 8.75. The Morgan fingerprint density at radius 3 is 2.70 bits per heavy atom. The van der Waals surface area contributed by atoms with Crippen LogP contribution in [0.1, 0.15) is 19.3 Å². The fraction of sp³-hybridized carbons (Fsp3) is 0.857. The van der Waals surface area contributed by atoms with Crippen molar-refractivity contribution in [3.05, 3.63) is 0 Å². The lowest BCUT2D eigenvalue weighted by molar-refractivity contribution is -0.121. The van der Waals surface area contributed by atoms with Crippen LogP contribution in [0.3, 0.4) is 0 Å². The van der Waals surface area contributed by atoms with Crippen molar-refractivity contribution in [2.75, 3.05) is 0 Å². The SMILES string of the molecule is O=C1CCCC2C1C2(I)I. The Morgan fingerprint density at radius 1 is 1.50 bits per heavy atom. The van der Waals surface area contributed by atoms with E-state index in [-0.39, 0.29) is 0 Å². The minimum absolute atomic E-state index is 0.309. The van der Waals surface area contributed by atoms with E-state index in [1.807, 2.05) is 0 Å². The number of carbonyl (C=O) groups is 1. The minimum Gasteiger partial charge on any atom is -0.299 e. The van der Waals surface area contributed by atoms with Gasteiger partial charge in [-0.3, -0.25) is 4.79 Å². The van der Waals surface area contributed by atoms with Gasteiger partial charge in [-0.2, -0.15) is 0 Å². The number of carbonyl (C=O) groups excluding carboxylic acids is 1. The van der Waals surface area contributed by atoms with Crippen LogP contribution in [-0.4, -0.2) is 7.21 Å². The minimum atomic E-state index is 0.309. The van der Waals surface area contributed by atoms with Gasteiger partial charge in [0, 0.05) is 12.3 Å². The third kappa shape index (κ3) is 0.956. The molecule has 0 aromatic rings. The molecule has 56 valence electrons. The smallest absolute Gasteiger partial charge is 0.138 e. The van der Waals surface area contributed by atoms with E-state index in [2.05, 4.69) is 45.2 Å². The summed E-state index contributed by atoms with van der Waals surface area (Å²) in [6.07, 6.45) is 3.25. The molecule has 2 rings (SSSR count). The second-order valence-electron chi connectivity index (χ2n) is 3.12. The van der Waals surface area contributed by atoms with Crippen molar-refractivity contribution in [3.63, 3.8) is 0 Å². The van der Waals surface area contributed by atoms with Gasteiger partial charge < -0.3 is 0 Å². The van der Waals surface area contributed by atoms with Gasteiger partial charge in [0.1, 0.15) is 5.78 Å². The van der Waals surface area contributed by atoms with E-state index >= 15 is 0 Å². The van der Waals surface area contributed by atoms with Gasteiger partial charge in [0.2, 0.25) is 0 Å². The molecule has 0 aromatic carbocycles. The van der Waals surface area contributed by atoms with Crippen LogP contribution in [-0.2, 0) is 4.79 Å². The van der Waals surface area contributed by atoms with Gasteiger partial charge in [-0.15, -0.1) is 0 Å². The topological polar surface area (TPSA) is 17.1 Å². The van der Waals surface area contributed by atoms with Gasteiger partial charge in [0.15, 0.2) is 0 Å². The standard InChI is InChI=1S/C7H8I2O/c8-7(9)4-2-1-3-5(10)6(4)7/h4,6H,1-3H2. The maximum absolute atomic E-state index is 11.2. The highest BCUT2D eigenvalue weighted by molar-refractivity contribution is 14.2. The Bertz CT molecular complexity index is 188. The molecule has 0 aliphatic heterocycles. The third-order valence-corrected chi connectivity index (χ3v) is 5.43. The molecule has 2 aliphatic rings. The predicted octanol–water partition coefficient (Wildman–Crippen LogP) is 2.55. The normalized spacial score (nSPS) is 42.8. The molecule has 0 bridgehead atoms. The molecule has 2 atom stereocenters. The molecule has 0 heterocycles. The summed E-state index contributed by atoms with van der Waals surface area (Å²) in [6, 6.07) is 0. The van der Waals surface area contributed by atoms with E-state index < -0.39 is 0 Å². The first-order valence-corrected chi connectivity index (χ1v) is 5.70. The number of hydrogen-bond donors (Lipinski definition) is 0. The molecule has 2 aliphatic carbocycles. The number of hydrogen-bond acceptors (Lipinski definition) is 1. The highest BCUT2D eigenvalue weighted by atomic mass is 127. The molecule has 10 heavy (non-hydrogen) atoms. The van der Waals surface area contributed by atoms with Crippen LogP contribution < -0.4 is 0 Å². The molecule has 0 aromatic heterocycles. The molecule has 2 unspecified atom stereocenters. The lowest BCUT2D eigenvalue weighted by atomic mass is 10.00. The number of fused-ring (bicyclic) bond motifs is 1. The van der Waals surface area contributed by atoms with E-state index in [1.54, 1.807) is 0 Å². The zero-order chi connectivity index (χ0) is 7.35. The summed E-state index contributed by atoms with van der Waals surface area (Å²) in [6.45, 7) is 0. The summed E-state index contributed by atoms with van der Waals surface area (Å²) in [4.78, 5) is 11.2. The molecule has 2 fully saturated rings. The van der Waals surface area contributed by atoms with Crippen molar-refractivity contribution in [2.24, 2.45) is 11.8 Å². The average molecular weight is 362 g/mol. The van der Waals surface area contributed by atoms with E-state index in [4.69, 9.17) is 0 Å². The first-order valence-electron chi connectivity index (χ1n) is 3.54. The number of alkyl halides is 2. The third-order valence-electron chi connectivity index (χ3n) is 2.49. The molecular formula is C7H8I2O. The van der Waals surface area contributed by atoms with Gasteiger partial charge in [0.05, 0.1) is 1.43 Å². The largest absolute Gasteiger partial charge is 0.299 e. The van der Waals surface area contributed by atoms with Crippen LogP contribution in [0.2, 0.25) is 0 Å². The van der Waals surface area contributed by atoms with Crippen molar-refractivity contribution >= 4 is 51.0 Å². The zero-order valence-corrected chi connectivity index (χ0v) is 9.76. The van der Waals surface area contributed by atoms with Gasteiger partial charge in [-0.1, -0.05) is 45.2 Å². The summed E-state index contributed by atoms with van der Waals surface area (Å²) in [5.41, 5.74) is 0. The number of Topliss-reactive ketones (excluding diaryl/α,β-unsaturated/α-hetero) is 1. The quantitative estimate of drug-likeness (QED) is 0.478. The molecule has 3 heteroatoms. The highest BCUT2D eigenvalue weighted by Crippen LogP contribution is 2.66.